The Morgan fingerprint density at radius 2 is 1.90 bits per heavy atom. The van der Waals surface area contributed by atoms with E-state index in [9.17, 15) is 20.3 Å². The summed E-state index contributed by atoms with van der Waals surface area (Å²) in [5.41, 5.74) is 2.54. The topological polar surface area (TPSA) is 99.4 Å². The van der Waals surface area contributed by atoms with Crippen molar-refractivity contribution in [3.05, 3.63) is 63.8 Å². The highest BCUT2D eigenvalue weighted by Gasteiger charge is 2.11. The number of hydrogen-bond acceptors (Lipinski definition) is 4. The van der Waals surface area contributed by atoms with Gasteiger partial charge in [0.2, 0.25) is 0 Å². The summed E-state index contributed by atoms with van der Waals surface area (Å²) in [5.74, 6) is -0.323. The summed E-state index contributed by atoms with van der Waals surface area (Å²) in [6.07, 6.45) is 2.34. The zero-order chi connectivity index (χ0) is 15.0. The lowest BCUT2D eigenvalue weighted by atomic mass is 10.0. The van der Waals surface area contributed by atoms with Crippen LogP contribution in [0.1, 0.15) is 11.1 Å². The predicted molar refractivity (Wildman–Crippen MR) is 77.5 cm³/mol. The number of non-ortho nitro benzene ring substituents is 1. The first kappa shape index (κ1) is 13.0. The van der Waals surface area contributed by atoms with Crippen LogP contribution in [0, 0.1) is 10.1 Å². The minimum Gasteiger partial charge on any atom is -0.504 e. The van der Waals surface area contributed by atoms with Crippen molar-refractivity contribution in [3.8, 4) is 11.5 Å². The van der Waals surface area contributed by atoms with Crippen LogP contribution >= 0.6 is 0 Å². The van der Waals surface area contributed by atoms with Gasteiger partial charge in [-0.05, 0) is 35.7 Å². The van der Waals surface area contributed by atoms with Gasteiger partial charge in [0, 0.05) is 23.7 Å². The fraction of sp³-hybridized carbons (Fsp3) is 0.0667. The molecule has 6 heteroatoms. The molecule has 3 aromatic rings. The molecule has 0 atom stereocenters. The van der Waals surface area contributed by atoms with Gasteiger partial charge in [0.15, 0.2) is 11.5 Å². The number of phenolic OH excluding ortho intramolecular Hbond substituents is 2. The number of nitro groups is 1. The fourth-order valence-electron chi connectivity index (χ4n) is 2.33. The smallest absolute Gasteiger partial charge is 0.271 e. The molecule has 106 valence electrons. The number of rotatable bonds is 3. The highest BCUT2D eigenvalue weighted by atomic mass is 16.6. The van der Waals surface area contributed by atoms with Crippen LogP contribution in [0.15, 0.2) is 42.6 Å². The molecule has 0 aliphatic rings. The third-order valence-electron chi connectivity index (χ3n) is 3.40. The standard InChI is InChI=1S/C15H12N2O4/c18-14-4-1-9(6-15(14)19)5-10-8-16-13-7-11(17(20)21)2-3-12(10)13/h1-4,6-8,16,18-19H,5H2. The first-order chi connectivity index (χ1) is 10.0. The zero-order valence-electron chi connectivity index (χ0n) is 10.9. The van der Waals surface area contributed by atoms with Crippen LogP contribution in [0.5, 0.6) is 11.5 Å². The maximum Gasteiger partial charge on any atom is 0.271 e. The number of aromatic nitrogens is 1. The molecule has 2 aromatic carbocycles. The predicted octanol–water partition coefficient (Wildman–Crippen LogP) is 3.08. The number of fused-ring (bicyclic) bond motifs is 1. The summed E-state index contributed by atoms with van der Waals surface area (Å²) in [5, 5.41) is 30.5. The van der Waals surface area contributed by atoms with Gasteiger partial charge < -0.3 is 15.2 Å². The van der Waals surface area contributed by atoms with Gasteiger partial charge in [0.05, 0.1) is 10.4 Å². The molecule has 1 aromatic heterocycles. The number of nitro benzene ring substituents is 1. The van der Waals surface area contributed by atoms with E-state index in [1.54, 1.807) is 18.3 Å². The lowest BCUT2D eigenvalue weighted by molar-refractivity contribution is -0.384. The SMILES string of the molecule is O=[N+]([O-])c1ccc2c(Cc3ccc(O)c(O)c3)c[nH]c2c1. The minimum absolute atomic E-state index is 0.0400. The molecule has 1 heterocycles. The molecular weight excluding hydrogens is 272 g/mol. The summed E-state index contributed by atoms with van der Waals surface area (Å²) in [4.78, 5) is 13.3. The largest absolute Gasteiger partial charge is 0.504 e. The van der Waals surface area contributed by atoms with E-state index >= 15 is 0 Å². The molecule has 0 spiro atoms. The van der Waals surface area contributed by atoms with E-state index in [4.69, 9.17) is 0 Å². The second-order valence-electron chi connectivity index (χ2n) is 4.80. The molecule has 0 radical (unpaired) electrons. The van der Waals surface area contributed by atoms with Crippen LogP contribution in [0.3, 0.4) is 0 Å². The first-order valence-corrected chi connectivity index (χ1v) is 6.30. The lowest BCUT2D eigenvalue weighted by Gasteiger charge is -2.03. The summed E-state index contributed by atoms with van der Waals surface area (Å²) < 4.78 is 0. The van der Waals surface area contributed by atoms with Crippen molar-refractivity contribution < 1.29 is 15.1 Å². The maximum atomic E-state index is 10.8. The Kier molecular flexibility index (Phi) is 2.98. The van der Waals surface area contributed by atoms with Crippen molar-refractivity contribution in [2.24, 2.45) is 0 Å². The number of nitrogens with one attached hydrogen (secondary N) is 1. The molecule has 0 saturated carbocycles. The van der Waals surface area contributed by atoms with Crippen molar-refractivity contribution in [2.45, 2.75) is 6.42 Å². The Morgan fingerprint density at radius 3 is 2.62 bits per heavy atom. The summed E-state index contributed by atoms with van der Waals surface area (Å²) in [6, 6.07) is 9.32. The Labute approximate surface area is 119 Å². The third kappa shape index (κ3) is 2.38. The number of benzene rings is 2. The van der Waals surface area contributed by atoms with E-state index in [0.717, 1.165) is 16.5 Å². The monoisotopic (exact) mass is 284 g/mol. The van der Waals surface area contributed by atoms with Crippen molar-refractivity contribution in [1.29, 1.82) is 0 Å². The molecule has 0 saturated heterocycles. The van der Waals surface area contributed by atoms with Crippen molar-refractivity contribution in [2.75, 3.05) is 0 Å². The molecule has 0 aliphatic heterocycles. The normalized spacial score (nSPS) is 10.9. The second kappa shape index (κ2) is 4.82. The molecular formula is C15H12N2O4. The highest BCUT2D eigenvalue weighted by Crippen LogP contribution is 2.28. The summed E-state index contributed by atoms with van der Waals surface area (Å²) in [6.45, 7) is 0. The van der Waals surface area contributed by atoms with Crippen LogP contribution in [0.25, 0.3) is 10.9 Å². The third-order valence-corrected chi connectivity index (χ3v) is 3.40. The number of aromatic hydroxyl groups is 2. The number of aromatic amines is 1. The lowest BCUT2D eigenvalue weighted by Crippen LogP contribution is -1.88. The Balaban J connectivity index is 1.97. The number of phenols is 2. The Morgan fingerprint density at radius 1 is 1.10 bits per heavy atom. The van der Waals surface area contributed by atoms with E-state index in [1.165, 1.54) is 24.3 Å². The van der Waals surface area contributed by atoms with Crippen LogP contribution in [-0.2, 0) is 6.42 Å². The molecule has 0 unspecified atom stereocenters. The maximum absolute atomic E-state index is 10.8. The van der Waals surface area contributed by atoms with Crippen molar-refractivity contribution >= 4 is 16.6 Å². The Bertz CT molecular complexity index is 839. The number of H-pyrrole nitrogens is 1. The molecule has 3 rings (SSSR count). The minimum atomic E-state index is -0.433. The van der Waals surface area contributed by atoms with E-state index in [0.29, 0.717) is 11.9 Å². The highest BCUT2D eigenvalue weighted by molar-refractivity contribution is 5.85. The molecule has 0 bridgehead atoms. The first-order valence-electron chi connectivity index (χ1n) is 6.30. The number of hydrogen-bond donors (Lipinski definition) is 3. The van der Waals surface area contributed by atoms with E-state index in [-0.39, 0.29) is 17.2 Å². The average molecular weight is 284 g/mol. The van der Waals surface area contributed by atoms with Crippen LogP contribution in [0.2, 0.25) is 0 Å². The van der Waals surface area contributed by atoms with Gasteiger partial charge in [0.1, 0.15) is 0 Å². The van der Waals surface area contributed by atoms with Gasteiger partial charge in [-0.1, -0.05) is 6.07 Å². The van der Waals surface area contributed by atoms with Gasteiger partial charge >= 0.3 is 0 Å². The zero-order valence-corrected chi connectivity index (χ0v) is 10.9. The fourth-order valence-corrected chi connectivity index (χ4v) is 2.33. The van der Waals surface area contributed by atoms with Gasteiger partial charge in [0.25, 0.3) is 5.69 Å². The van der Waals surface area contributed by atoms with Crippen LogP contribution in [-0.4, -0.2) is 20.1 Å². The summed E-state index contributed by atoms with van der Waals surface area (Å²) in [7, 11) is 0. The van der Waals surface area contributed by atoms with Gasteiger partial charge in [-0.25, -0.2) is 0 Å². The summed E-state index contributed by atoms with van der Waals surface area (Å²) >= 11 is 0. The van der Waals surface area contributed by atoms with E-state index in [2.05, 4.69) is 4.98 Å². The molecule has 3 N–H and O–H groups in total. The van der Waals surface area contributed by atoms with Gasteiger partial charge in [-0.3, -0.25) is 10.1 Å². The van der Waals surface area contributed by atoms with E-state index < -0.39 is 4.92 Å². The quantitative estimate of drug-likeness (QED) is 0.391. The van der Waals surface area contributed by atoms with Crippen LogP contribution in [0.4, 0.5) is 5.69 Å². The van der Waals surface area contributed by atoms with E-state index in [1.807, 2.05) is 0 Å². The molecule has 0 aliphatic carbocycles. The second-order valence-corrected chi connectivity index (χ2v) is 4.80. The molecule has 21 heavy (non-hydrogen) atoms. The van der Waals surface area contributed by atoms with Crippen LogP contribution < -0.4 is 0 Å². The molecule has 6 nitrogen and oxygen atoms in total. The molecule has 0 fully saturated rings. The number of nitrogens with zero attached hydrogens (tertiary/aromatic N) is 1. The molecule has 0 amide bonds. The van der Waals surface area contributed by atoms with Gasteiger partial charge in [-0.15, -0.1) is 0 Å². The van der Waals surface area contributed by atoms with Gasteiger partial charge in [-0.2, -0.15) is 0 Å². The van der Waals surface area contributed by atoms with Crippen molar-refractivity contribution in [3.63, 3.8) is 0 Å². The average Bonchev–Trinajstić information content (AvgIpc) is 2.85. The Hall–Kier alpha value is -3.02. The van der Waals surface area contributed by atoms with Crippen molar-refractivity contribution in [1.82, 2.24) is 4.98 Å².